The number of ether oxygens (including phenoxy) is 1. The van der Waals surface area contributed by atoms with E-state index in [1.54, 1.807) is 0 Å². The van der Waals surface area contributed by atoms with Crippen LogP contribution >= 0.6 is 22.9 Å². The first-order valence-corrected chi connectivity index (χ1v) is 13.1. The van der Waals surface area contributed by atoms with Gasteiger partial charge in [-0.1, -0.05) is 29.0 Å². The summed E-state index contributed by atoms with van der Waals surface area (Å²) in [4.78, 5) is 3.13. The van der Waals surface area contributed by atoms with E-state index in [0.717, 1.165) is 36.5 Å². The summed E-state index contributed by atoms with van der Waals surface area (Å²) < 4.78 is 106. The SMILES string of the molecule is O=S(=O)(CCc1ccc(OC(F)(F)F)c(Cl)c1)c1ccc(S(=O)(=O)Nc2ncc(F)s2)cc1. The third-order valence-electron chi connectivity index (χ3n) is 4.07. The molecule has 1 heterocycles. The summed E-state index contributed by atoms with van der Waals surface area (Å²) in [6, 6.07) is 7.74. The van der Waals surface area contributed by atoms with Crippen LogP contribution in [0.5, 0.6) is 5.75 Å². The molecule has 0 radical (unpaired) electrons. The molecule has 0 atom stereocenters. The highest BCUT2D eigenvalue weighted by molar-refractivity contribution is 7.93. The first kappa shape index (κ1) is 25.2. The Labute approximate surface area is 195 Å². The average Bonchev–Trinajstić information content (AvgIpc) is 3.11. The number of anilines is 1. The molecule has 178 valence electrons. The van der Waals surface area contributed by atoms with Gasteiger partial charge in [0.05, 0.1) is 26.8 Å². The van der Waals surface area contributed by atoms with E-state index in [4.69, 9.17) is 11.6 Å². The fraction of sp³-hybridized carbons (Fsp3) is 0.167. The van der Waals surface area contributed by atoms with Crippen LogP contribution in [0.15, 0.2) is 58.5 Å². The summed E-state index contributed by atoms with van der Waals surface area (Å²) in [6.45, 7) is 0. The fourth-order valence-corrected chi connectivity index (χ4v) is 5.90. The lowest BCUT2D eigenvalue weighted by atomic mass is 10.2. The first-order chi connectivity index (χ1) is 15.2. The number of aryl methyl sites for hydroxylation is 1. The maximum Gasteiger partial charge on any atom is 0.573 e. The smallest absolute Gasteiger partial charge is 0.404 e. The quantitative estimate of drug-likeness (QED) is 0.414. The van der Waals surface area contributed by atoms with Crippen molar-refractivity contribution in [1.82, 2.24) is 4.98 Å². The summed E-state index contributed by atoms with van der Waals surface area (Å²) in [5.74, 6) is -1.02. The van der Waals surface area contributed by atoms with Crippen LogP contribution in [0, 0.1) is 5.13 Å². The number of hydrogen-bond acceptors (Lipinski definition) is 7. The summed E-state index contributed by atoms with van der Waals surface area (Å²) >= 11 is 6.25. The zero-order valence-electron chi connectivity index (χ0n) is 16.1. The van der Waals surface area contributed by atoms with Gasteiger partial charge in [0.25, 0.3) is 10.0 Å². The molecule has 0 spiro atoms. The van der Waals surface area contributed by atoms with Crippen LogP contribution in [0.2, 0.25) is 5.02 Å². The molecule has 15 heteroatoms. The van der Waals surface area contributed by atoms with Crippen molar-refractivity contribution >= 4 is 47.9 Å². The zero-order valence-corrected chi connectivity index (χ0v) is 19.3. The highest BCUT2D eigenvalue weighted by Crippen LogP contribution is 2.31. The number of sulfonamides is 1. The highest BCUT2D eigenvalue weighted by Gasteiger charge is 2.32. The molecule has 0 unspecified atom stereocenters. The van der Waals surface area contributed by atoms with Gasteiger partial charge < -0.3 is 4.74 Å². The highest BCUT2D eigenvalue weighted by atomic mass is 35.5. The lowest BCUT2D eigenvalue weighted by molar-refractivity contribution is -0.274. The normalized spacial score (nSPS) is 12.5. The Hall–Kier alpha value is -2.42. The lowest BCUT2D eigenvalue weighted by Gasteiger charge is -2.11. The molecule has 0 fully saturated rings. The van der Waals surface area contributed by atoms with Crippen molar-refractivity contribution in [2.24, 2.45) is 0 Å². The summed E-state index contributed by atoms with van der Waals surface area (Å²) in [6.07, 6.45) is -4.13. The molecule has 0 bridgehead atoms. The van der Waals surface area contributed by atoms with Crippen LogP contribution in [0.25, 0.3) is 0 Å². The molecule has 0 aliphatic heterocycles. The fourth-order valence-electron chi connectivity index (χ4n) is 2.58. The van der Waals surface area contributed by atoms with Crippen molar-refractivity contribution in [3.63, 3.8) is 0 Å². The van der Waals surface area contributed by atoms with E-state index in [0.29, 0.717) is 16.9 Å². The van der Waals surface area contributed by atoms with Gasteiger partial charge in [-0.2, -0.15) is 4.39 Å². The van der Waals surface area contributed by atoms with Crippen LogP contribution in [0.1, 0.15) is 5.56 Å². The number of alkyl halides is 3. The van der Waals surface area contributed by atoms with Gasteiger partial charge in [-0.05, 0) is 48.4 Å². The predicted molar refractivity (Wildman–Crippen MR) is 113 cm³/mol. The van der Waals surface area contributed by atoms with E-state index in [1.165, 1.54) is 12.1 Å². The average molecular weight is 545 g/mol. The van der Waals surface area contributed by atoms with Crippen LogP contribution in [-0.4, -0.2) is 33.9 Å². The number of nitrogens with one attached hydrogen (secondary N) is 1. The minimum Gasteiger partial charge on any atom is -0.404 e. The van der Waals surface area contributed by atoms with Crippen LogP contribution < -0.4 is 9.46 Å². The number of thiazole rings is 1. The monoisotopic (exact) mass is 544 g/mol. The minimum absolute atomic E-state index is 0.0639. The number of sulfone groups is 1. The molecule has 7 nitrogen and oxygen atoms in total. The first-order valence-electron chi connectivity index (χ1n) is 8.76. The van der Waals surface area contributed by atoms with E-state index in [9.17, 15) is 34.4 Å². The molecular formula is C18H13ClF4N2O5S3. The number of rotatable bonds is 8. The maximum atomic E-state index is 13.0. The van der Waals surface area contributed by atoms with Gasteiger partial charge in [-0.15, -0.1) is 13.2 Å². The van der Waals surface area contributed by atoms with E-state index in [2.05, 4.69) is 14.4 Å². The lowest BCUT2D eigenvalue weighted by Crippen LogP contribution is -2.17. The molecule has 0 aliphatic rings. The van der Waals surface area contributed by atoms with Gasteiger partial charge in [0.2, 0.25) is 0 Å². The molecule has 3 aromatic rings. The van der Waals surface area contributed by atoms with Crippen LogP contribution in [-0.2, 0) is 26.3 Å². The molecule has 1 aromatic heterocycles. The molecular weight excluding hydrogens is 532 g/mol. The Balaban J connectivity index is 1.69. The van der Waals surface area contributed by atoms with Crippen molar-refractivity contribution in [3.8, 4) is 5.75 Å². The minimum atomic E-state index is -4.92. The zero-order chi connectivity index (χ0) is 24.4. The maximum absolute atomic E-state index is 13.0. The van der Waals surface area contributed by atoms with E-state index in [-0.39, 0.29) is 26.4 Å². The van der Waals surface area contributed by atoms with Crippen molar-refractivity contribution in [1.29, 1.82) is 0 Å². The Morgan fingerprint density at radius 3 is 2.21 bits per heavy atom. The second-order valence-electron chi connectivity index (χ2n) is 6.43. The molecule has 2 aromatic carbocycles. The second-order valence-corrected chi connectivity index (χ2v) is 11.6. The number of nitrogens with zero attached hydrogens (tertiary/aromatic N) is 1. The van der Waals surface area contributed by atoms with Crippen molar-refractivity contribution in [3.05, 3.63) is 64.4 Å². The Morgan fingerprint density at radius 2 is 1.67 bits per heavy atom. The molecule has 1 N–H and O–H groups in total. The number of hydrogen-bond donors (Lipinski definition) is 1. The van der Waals surface area contributed by atoms with Gasteiger partial charge in [0.15, 0.2) is 20.1 Å². The molecule has 0 aliphatic carbocycles. The molecule has 33 heavy (non-hydrogen) atoms. The topological polar surface area (TPSA) is 102 Å². The summed E-state index contributed by atoms with van der Waals surface area (Å²) in [5, 5.41) is -1.20. The van der Waals surface area contributed by atoms with Gasteiger partial charge in [0, 0.05) is 0 Å². The third kappa shape index (κ3) is 6.79. The van der Waals surface area contributed by atoms with E-state index in [1.807, 2.05) is 0 Å². The third-order valence-corrected chi connectivity index (χ3v) is 8.29. The molecule has 0 amide bonds. The molecule has 3 rings (SSSR count). The number of halogens is 5. The van der Waals surface area contributed by atoms with Gasteiger partial charge in [0.1, 0.15) is 5.75 Å². The number of benzene rings is 2. The Bertz CT molecular complexity index is 1360. The summed E-state index contributed by atoms with van der Waals surface area (Å²) in [5.41, 5.74) is 0.358. The van der Waals surface area contributed by atoms with Crippen LogP contribution in [0.4, 0.5) is 22.7 Å². The number of aromatic nitrogens is 1. The Morgan fingerprint density at radius 1 is 1.03 bits per heavy atom. The van der Waals surface area contributed by atoms with Crippen molar-refractivity contribution < 1.29 is 39.1 Å². The van der Waals surface area contributed by atoms with E-state index >= 15 is 0 Å². The van der Waals surface area contributed by atoms with Crippen molar-refractivity contribution in [2.45, 2.75) is 22.6 Å². The predicted octanol–water partition coefficient (Wildman–Crippen LogP) is 4.65. The van der Waals surface area contributed by atoms with Crippen LogP contribution in [0.3, 0.4) is 0 Å². The van der Waals surface area contributed by atoms with Gasteiger partial charge in [-0.25, -0.2) is 21.8 Å². The largest absolute Gasteiger partial charge is 0.573 e. The second kappa shape index (κ2) is 9.44. The molecule has 0 saturated heterocycles. The standard InChI is InChI=1S/C18H13ClF4N2O5S3/c19-14-9-11(1-6-15(14)30-18(21,22)23)7-8-32(26,27)12-2-4-13(5-3-12)33(28,29)25-17-24-10-16(20)31-17/h1-6,9-10H,7-8H2,(H,24,25). The Kier molecular flexibility index (Phi) is 7.21. The van der Waals surface area contributed by atoms with Gasteiger partial charge in [-0.3, -0.25) is 4.72 Å². The van der Waals surface area contributed by atoms with Crippen molar-refractivity contribution in [2.75, 3.05) is 10.5 Å². The summed E-state index contributed by atoms with van der Waals surface area (Å²) in [7, 11) is -7.97. The van der Waals surface area contributed by atoms with Gasteiger partial charge >= 0.3 is 6.36 Å². The van der Waals surface area contributed by atoms with E-state index < -0.39 is 42.9 Å². The molecule has 0 saturated carbocycles.